The third-order valence-corrected chi connectivity index (χ3v) is 5.05. The number of aromatic nitrogens is 1. The third-order valence-electron chi connectivity index (χ3n) is 5.05. The number of carbonyl (C=O) groups is 1. The molecule has 26 heavy (non-hydrogen) atoms. The number of allylic oxidation sites excluding steroid dienone is 1. The molecule has 0 radical (unpaired) electrons. The van der Waals surface area contributed by atoms with E-state index in [1.54, 1.807) is 20.2 Å². The molecule has 0 spiro atoms. The zero-order chi connectivity index (χ0) is 18.8. The van der Waals surface area contributed by atoms with E-state index in [2.05, 4.69) is 20.9 Å². The molecule has 3 rings (SSSR count). The molecule has 8 heteroatoms. The van der Waals surface area contributed by atoms with E-state index < -0.39 is 11.9 Å². The average molecular weight is 360 g/mol. The fourth-order valence-corrected chi connectivity index (χ4v) is 3.71. The number of hydrogen-bond acceptors (Lipinski definition) is 6. The Hall–Kier alpha value is -2.48. The van der Waals surface area contributed by atoms with Crippen LogP contribution in [-0.4, -0.2) is 36.2 Å². The summed E-state index contributed by atoms with van der Waals surface area (Å²) in [5.41, 5.74) is 7.35. The van der Waals surface area contributed by atoms with Crippen LogP contribution in [-0.2, 0) is 0 Å². The summed E-state index contributed by atoms with van der Waals surface area (Å²) in [6.45, 7) is 1.73. The lowest BCUT2D eigenvalue weighted by molar-refractivity contribution is 0.0958. The number of fused-ring (bicyclic) bond motifs is 1. The van der Waals surface area contributed by atoms with Crippen LogP contribution >= 0.6 is 0 Å². The monoisotopic (exact) mass is 360 g/mol. The molecular formula is C18H25FN6O. The molecule has 1 aromatic heterocycles. The smallest absolute Gasteiger partial charge is 0.254 e. The zero-order valence-corrected chi connectivity index (χ0v) is 15.0. The predicted molar refractivity (Wildman–Crippen MR) is 99.8 cm³/mol. The topological polar surface area (TPSA) is 116 Å². The van der Waals surface area contributed by atoms with Gasteiger partial charge in [-0.05, 0) is 19.8 Å². The molecule has 0 saturated heterocycles. The first-order chi connectivity index (χ1) is 12.5. The summed E-state index contributed by atoms with van der Waals surface area (Å²) in [6.07, 6.45) is 6.52. The second-order valence-corrected chi connectivity index (χ2v) is 6.84. The quantitative estimate of drug-likeness (QED) is 0.515. The average Bonchev–Trinajstić information content (AvgIpc) is 2.92. The molecule has 1 fully saturated rings. The van der Waals surface area contributed by atoms with Crippen LogP contribution in [0.25, 0.3) is 5.57 Å². The van der Waals surface area contributed by atoms with Gasteiger partial charge in [0.1, 0.15) is 0 Å². The number of anilines is 1. The van der Waals surface area contributed by atoms with Crippen molar-refractivity contribution < 1.29 is 9.18 Å². The zero-order valence-electron chi connectivity index (χ0n) is 15.0. The van der Waals surface area contributed by atoms with Crippen LogP contribution in [0, 0.1) is 11.2 Å². The normalized spacial score (nSPS) is 25.5. The van der Waals surface area contributed by atoms with E-state index in [4.69, 9.17) is 11.1 Å². The van der Waals surface area contributed by atoms with Gasteiger partial charge in [0.05, 0.1) is 17.3 Å². The summed E-state index contributed by atoms with van der Waals surface area (Å²) in [5, 5.41) is 16.4. The number of pyridine rings is 1. The lowest BCUT2D eigenvalue weighted by atomic mass is 9.91. The molecule has 1 aromatic rings. The Balaban J connectivity index is 2.11. The molecule has 0 aromatic carbocycles. The minimum atomic E-state index is -0.527. The van der Waals surface area contributed by atoms with Gasteiger partial charge in [-0.15, -0.1) is 0 Å². The fourth-order valence-electron chi connectivity index (χ4n) is 3.71. The molecule has 2 aliphatic rings. The number of rotatable bonds is 5. The fraction of sp³-hybridized carbons (Fsp3) is 0.500. The Bertz CT molecular complexity index is 763. The van der Waals surface area contributed by atoms with Gasteiger partial charge in [-0.2, -0.15) is 0 Å². The van der Waals surface area contributed by atoms with Gasteiger partial charge in [-0.1, -0.05) is 12.8 Å². The summed E-state index contributed by atoms with van der Waals surface area (Å²) >= 11 is 0. The van der Waals surface area contributed by atoms with Crippen LogP contribution in [0.1, 0.15) is 60.3 Å². The van der Waals surface area contributed by atoms with Crippen LogP contribution < -0.4 is 21.7 Å². The SMILES string of the molecule is CN/C=C(\C=N)c1nc(NC2CCCCC2N)c(F)c2c1C(=O)NC2C. The van der Waals surface area contributed by atoms with E-state index in [0.29, 0.717) is 11.3 Å². The molecule has 3 unspecified atom stereocenters. The van der Waals surface area contributed by atoms with E-state index in [0.717, 1.165) is 31.9 Å². The first kappa shape index (κ1) is 18.3. The van der Waals surface area contributed by atoms with Gasteiger partial charge in [-0.3, -0.25) is 4.79 Å². The van der Waals surface area contributed by atoms with Crippen molar-refractivity contribution in [1.29, 1.82) is 5.41 Å². The van der Waals surface area contributed by atoms with Crippen LogP contribution in [0.15, 0.2) is 6.20 Å². The number of hydrogen-bond donors (Lipinski definition) is 5. The van der Waals surface area contributed by atoms with E-state index in [-0.39, 0.29) is 34.9 Å². The minimum absolute atomic E-state index is 0.0612. The van der Waals surface area contributed by atoms with Gasteiger partial charge in [0.2, 0.25) is 0 Å². The van der Waals surface area contributed by atoms with Crippen LogP contribution in [0.2, 0.25) is 0 Å². The first-order valence-electron chi connectivity index (χ1n) is 8.92. The number of nitrogens with two attached hydrogens (primary N) is 1. The summed E-state index contributed by atoms with van der Waals surface area (Å²) in [5.74, 6) is -0.812. The Labute approximate surface area is 152 Å². The second kappa shape index (κ2) is 7.41. The van der Waals surface area contributed by atoms with E-state index >= 15 is 4.39 Å². The molecule has 1 aliphatic heterocycles. The highest BCUT2D eigenvalue weighted by molar-refractivity contribution is 6.13. The maximum absolute atomic E-state index is 15.2. The van der Waals surface area contributed by atoms with Gasteiger partial charge in [-0.25, -0.2) is 9.37 Å². The molecule has 6 N–H and O–H groups in total. The molecule has 1 saturated carbocycles. The van der Waals surface area contributed by atoms with Crippen molar-refractivity contribution in [2.75, 3.05) is 12.4 Å². The number of halogens is 1. The summed E-state index contributed by atoms with van der Waals surface area (Å²) in [4.78, 5) is 16.7. The van der Waals surface area contributed by atoms with Gasteiger partial charge < -0.3 is 27.1 Å². The van der Waals surface area contributed by atoms with Crippen molar-refractivity contribution in [3.63, 3.8) is 0 Å². The molecule has 0 bridgehead atoms. The van der Waals surface area contributed by atoms with E-state index in [1.807, 2.05) is 0 Å². The summed E-state index contributed by atoms with van der Waals surface area (Å²) in [6, 6.07) is -0.580. The van der Waals surface area contributed by atoms with Crippen molar-refractivity contribution in [2.45, 2.75) is 50.7 Å². The Morgan fingerprint density at radius 2 is 2.15 bits per heavy atom. The highest BCUT2D eigenvalue weighted by atomic mass is 19.1. The van der Waals surface area contributed by atoms with E-state index in [9.17, 15) is 4.79 Å². The molecule has 1 amide bonds. The van der Waals surface area contributed by atoms with Crippen molar-refractivity contribution in [3.8, 4) is 0 Å². The maximum atomic E-state index is 15.2. The Kier molecular flexibility index (Phi) is 5.22. The first-order valence-corrected chi connectivity index (χ1v) is 8.92. The number of amides is 1. The lowest BCUT2D eigenvalue weighted by Crippen LogP contribution is -2.43. The van der Waals surface area contributed by atoms with Crippen LogP contribution in [0.3, 0.4) is 0 Å². The highest BCUT2D eigenvalue weighted by Gasteiger charge is 2.35. The lowest BCUT2D eigenvalue weighted by Gasteiger charge is -2.30. The molecule has 2 heterocycles. The predicted octanol–water partition coefficient (Wildman–Crippen LogP) is 1.92. The van der Waals surface area contributed by atoms with Crippen molar-refractivity contribution in [3.05, 3.63) is 28.8 Å². The highest BCUT2D eigenvalue weighted by Crippen LogP contribution is 2.35. The molecule has 140 valence electrons. The molecule has 1 aliphatic carbocycles. The third kappa shape index (κ3) is 3.16. The Morgan fingerprint density at radius 3 is 2.81 bits per heavy atom. The maximum Gasteiger partial charge on any atom is 0.254 e. The second-order valence-electron chi connectivity index (χ2n) is 6.84. The van der Waals surface area contributed by atoms with Crippen molar-refractivity contribution >= 4 is 23.5 Å². The summed E-state index contributed by atoms with van der Waals surface area (Å²) in [7, 11) is 1.69. The standard InChI is InChI=1S/C18H25FN6O/c1-9-13-14(18(26)23-9)16(10(7-20)8-22-2)25-17(15(13)19)24-12-6-4-3-5-11(12)21/h7-9,11-12,20,22H,3-6,21H2,1-2H3,(H,23,26)(H,24,25)/b10-8+,20-7?. The van der Waals surface area contributed by atoms with Crippen molar-refractivity contribution in [1.82, 2.24) is 15.6 Å². The van der Waals surface area contributed by atoms with Crippen LogP contribution in [0.5, 0.6) is 0 Å². The van der Waals surface area contributed by atoms with E-state index in [1.165, 1.54) is 0 Å². The number of nitrogens with zero attached hydrogens (tertiary/aromatic N) is 1. The summed E-state index contributed by atoms with van der Waals surface area (Å²) < 4.78 is 15.2. The minimum Gasteiger partial charge on any atom is -0.393 e. The van der Waals surface area contributed by atoms with Gasteiger partial charge >= 0.3 is 0 Å². The van der Waals surface area contributed by atoms with Gasteiger partial charge in [0.15, 0.2) is 11.6 Å². The number of carbonyl (C=O) groups excluding carboxylic acids is 1. The molecule has 7 nitrogen and oxygen atoms in total. The van der Waals surface area contributed by atoms with Crippen LogP contribution in [0.4, 0.5) is 10.2 Å². The van der Waals surface area contributed by atoms with Gasteiger partial charge in [0.25, 0.3) is 5.91 Å². The largest absolute Gasteiger partial charge is 0.393 e. The van der Waals surface area contributed by atoms with Gasteiger partial charge in [0, 0.05) is 42.7 Å². The number of nitrogens with one attached hydrogen (secondary N) is 4. The Morgan fingerprint density at radius 1 is 1.42 bits per heavy atom. The molecular weight excluding hydrogens is 335 g/mol. The van der Waals surface area contributed by atoms with Crippen molar-refractivity contribution in [2.24, 2.45) is 5.73 Å². The molecule has 3 atom stereocenters.